The quantitative estimate of drug-likeness (QED) is 0.421. The van der Waals surface area contributed by atoms with Crippen molar-refractivity contribution in [2.45, 2.75) is 6.92 Å². The fourth-order valence-corrected chi connectivity index (χ4v) is 2.40. The Hall–Kier alpha value is -3.28. The summed E-state index contributed by atoms with van der Waals surface area (Å²) in [5, 5.41) is 11.0. The number of nitrogens with zero attached hydrogens (tertiary/aromatic N) is 1. The van der Waals surface area contributed by atoms with Crippen molar-refractivity contribution in [2.24, 2.45) is 0 Å². The molecule has 0 unspecified atom stereocenters. The molecule has 1 heterocycles. The Morgan fingerprint density at radius 3 is 2.39 bits per heavy atom. The highest BCUT2D eigenvalue weighted by atomic mass is 16.6. The molecule has 3 aromatic rings. The molecule has 0 saturated heterocycles. The van der Waals surface area contributed by atoms with Crippen LogP contribution in [-0.4, -0.2) is 10.7 Å². The molecule has 0 spiro atoms. The zero-order chi connectivity index (χ0) is 16.6. The van der Waals surface area contributed by atoms with Gasteiger partial charge in [0.15, 0.2) is 5.78 Å². The summed E-state index contributed by atoms with van der Waals surface area (Å²) >= 11 is 0. The van der Waals surface area contributed by atoms with E-state index in [9.17, 15) is 19.7 Å². The van der Waals surface area contributed by atoms with Gasteiger partial charge in [0.2, 0.25) is 5.43 Å². The normalized spacial score (nSPS) is 10.7. The molecule has 0 N–H and O–H groups in total. The molecular weight excluding hydrogens is 298 g/mol. The average Bonchev–Trinajstić information content (AvgIpc) is 2.54. The number of benzene rings is 2. The lowest BCUT2D eigenvalue weighted by molar-refractivity contribution is -0.384. The van der Waals surface area contributed by atoms with Crippen LogP contribution in [0.3, 0.4) is 0 Å². The van der Waals surface area contributed by atoms with Gasteiger partial charge in [0, 0.05) is 17.7 Å². The molecule has 0 atom stereocenters. The topological polar surface area (TPSA) is 90.4 Å². The maximum Gasteiger partial charge on any atom is 0.269 e. The minimum Gasteiger partial charge on any atom is -0.460 e. The van der Waals surface area contributed by atoms with Crippen LogP contribution in [0.2, 0.25) is 0 Å². The number of hydrogen-bond acceptors (Lipinski definition) is 5. The minimum atomic E-state index is -0.552. The summed E-state index contributed by atoms with van der Waals surface area (Å²) in [4.78, 5) is 35.2. The fraction of sp³-hybridized carbons (Fsp3) is 0.0588. The zero-order valence-electron chi connectivity index (χ0n) is 12.1. The molecule has 0 aliphatic carbocycles. The van der Waals surface area contributed by atoms with Crippen molar-refractivity contribution >= 4 is 22.4 Å². The maximum absolute atomic E-state index is 12.6. The van der Waals surface area contributed by atoms with Gasteiger partial charge in [-0.05, 0) is 31.2 Å². The standard InChI is InChI=1S/C17H11NO5/c1-10-15(17(20)13-4-2-3-5-14(13)23-10)16(19)11-6-8-12(9-7-11)18(21)22/h2-9H,1H3. The van der Waals surface area contributed by atoms with Gasteiger partial charge in [0.1, 0.15) is 16.9 Å². The van der Waals surface area contributed by atoms with Gasteiger partial charge in [0.25, 0.3) is 5.69 Å². The molecular formula is C17H11NO5. The summed E-state index contributed by atoms with van der Waals surface area (Å²) in [6.45, 7) is 1.55. The van der Waals surface area contributed by atoms with E-state index in [0.717, 1.165) is 0 Å². The molecule has 23 heavy (non-hydrogen) atoms. The van der Waals surface area contributed by atoms with Crippen molar-refractivity contribution < 1.29 is 14.1 Å². The van der Waals surface area contributed by atoms with E-state index in [1.165, 1.54) is 24.3 Å². The maximum atomic E-state index is 12.6. The summed E-state index contributed by atoms with van der Waals surface area (Å²) in [5.74, 6) is -0.297. The highest BCUT2D eigenvalue weighted by Gasteiger charge is 2.20. The number of ketones is 1. The Kier molecular flexibility index (Phi) is 3.50. The number of fused-ring (bicyclic) bond motifs is 1. The average molecular weight is 309 g/mol. The lowest BCUT2D eigenvalue weighted by Crippen LogP contribution is -2.18. The van der Waals surface area contributed by atoms with Crippen molar-refractivity contribution in [3.8, 4) is 0 Å². The van der Waals surface area contributed by atoms with Gasteiger partial charge in [-0.25, -0.2) is 0 Å². The van der Waals surface area contributed by atoms with Crippen LogP contribution >= 0.6 is 0 Å². The second-order valence-electron chi connectivity index (χ2n) is 4.99. The zero-order valence-corrected chi connectivity index (χ0v) is 12.1. The van der Waals surface area contributed by atoms with Crippen LogP contribution in [0.15, 0.2) is 57.7 Å². The Bertz CT molecular complexity index is 986. The molecule has 0 saturated carbocycles. The third kappa shape index (κ3) is 2.50. The Labute approximate surface area is 130 Å². The van der Waals surface area contributed by atoms with Gasteiger partial charge >= 0.3 is 0 Å². The number of non-ortho nitro benzene ring substituents is 1. The number of carbonyl (C=O) groups is 1. The van der Waals surface area contributed by atoms with Crippen LogP contribution in [0.1, 0.15) is 21.7 Å². The second kappa shape index (κ2) is 5.49. The first-order valence-corrected chi connectivity index (χ1v) is 6.80. The smallest absolute Gasteiger partial charge is 0.269 e. The van der Waals surface area contributed by atoms with E-state index in [2.05, 4.69) is 0 Å². The van der Waals surface area contributed by atoms with Crippen LogP contribution in [-0.2, 0) is 0 Å². The van der Waals surface area contributed by atoms with Crippen LogP contribution in [0, 0.1) is 17.0 Å². The van der Waals surface area contributed by atoms with Crippen molar-refractivity contribution in [1.82, 2.24) is 0 Å². The van der Waals surface area contributed by atoms with Crippen LogP contribution in [0.5, 0.6) is 0 Å². The highest BCUT2D eigenvalue weighted by molar-refractivity contribution is 6.10. The molecule has 0 amide bonds. The lowest BCUT2D eigenvalue weighted by atomic mass is 10.0. The SMILES string of the molecule is Cc1oc2ccccc2c(=O)c1C(=O)c1ccc([N+](=O)[O-])cc1. The molecule has 114 valence electrons. The lowest BCUT2D eigenvalue weighted by Gasteiger charge is -2.06. The number of para-hydroxylation sites is 1. The van der Waals surface area contributed by atoms with Crippen LogP contribution in [0.25, 0.3) is 11.0 Å². The van der Waals surface area contributed by atoms with Crippen LogP contribution in [0.4, 0.5) is 5.69 Å². The molecule has 0 radical (unpaired) electrons. The summed E-state index contributed by atoms with van der Waals surface area (Å²) in [6.07, 6.45) is 0. The number of nitro groups is 1. The second-order valence-corrected chi connectivity index (χ2v) is 4.99. The number of hydrogen-bond donors (Lipinski definition) is 0. The van der Waals surface area contributed by atoms with Gasteiger partial charge < -0.3 is 4.42 Å². The molecule has 0 fully saturated rings. The number of nitro benzene ring substituents is 1. The first-order valence-electron chi connectivity index (χ1n) is 6.80. The van der Waals surface area contributed by atoms with Gasteiger partial charge in [0.05, 0.1) is 10.3 Å². The Morgan fingerprint density at radius 2 is 1.74 bits per heavy atom. The monoisotopic (exact) mass is 309 g/mol. The molecule has 3 rings (SSSR count). The van der Waals surface area contributed by atoms with Crippen molar-refractivity contribution in [1.29, 1.82) is 0 Å². The predicted molar refractivity (Wildman–Crippen MR) is 83.7 cm³/mol. The first-order chi connectivity index (χ1) is 11.0. The first kappa shape index (κ1) is 14.6. The number of aryl methyl sites for hydroxylation is 1. The summed E-state index contributed by atoms with van der Waals surface area (Å²) in [5.41, 5.74) is 0.0191. The van der Waals surface area contributed by atoms with E-state index >= 15 is 0 Å². The van der Waals surface area contributed by atoms with E-state index in [-0.39, 0.29) is 22.6 Å². The fourth-order valence-electron chi connectivity index (χ4n) is 2.40. The number of carbonyl (C=O) groups excluding carboxylic acids is 1. The molecule has 0 bridgehead atoms. The van der Waals surface area contributed by atoms with E-state index in [1.54, 1.807) is 31.2 Å². The van der Waals surface area contributed by atoms with Crippen molar-refractivity contribution in [3.05, 3.63) is 85.8 Å². The van der Waals surface area contributed by atoms with Crippen molar-refractivity contribution in [3.63, 3.8) is 0 Å². The molecule has 6 heteroatoms. The third-order valence-electron chi connectivity index (χ3n) is 3.54. The van der Waals surface area contributed by atoms with Crippen LogP contribution < -0.4 is 5.43 Å². The number of rotatable bonds is 3. The highest BCUT2D eigenvalue weighted by Crippen LogP contribution is 2.19. The molecule has 6 nitrogen and oxygen atoms in total. The largest absolute Gasteiger partial charge is 0.460 e. The molecule has 0 aliphatic rings. The Balaban J connectivity index is 2.14. The Morgan fingerprint density at radius 1 is 1.09 bits per heavy atom. The summed E-state index contributed by atoms with van der Waals surface area (Å²) < 4.78 is 5.55. The van der Waals surface area contributed by atoms with E-state index in [1.807, 2.05) is 0 Å². The summed E-state index contributed by atoms with van der Waals surface area (Å²) in [6, 6.07) is 11.8. The minimum absolute atomic E-state index is 0.0578. The van der Waals surface area contributed by atoms with Gasteiger partial charge in [-0.2, -0.15) is 0 Å². The predicted octanol–water partition coefficient (Wildman–Crippen LogP) is 3.24. The molecule has 1 aromatic heterocycles. The van der Waals surface area contributed by atoms with Gasteiger partial charge in [-0.3, -0.25) is 19.7 Å². The molecule has 2 aromatic carbocycles. The van der Waals surface area contributed by atoms with E-state index in [4.69, 9.17) is 4.42 Å². The van der Waals surface area contributed by atoms with E-state index < -0.39 is 16.1 Å². The third-order valence-corrected chi connectivity index (χ3v) is 3.54. The summed E-state index contributed by atoms with van der Waals surface area (Å²) in [7, 11) is 0. The van der Waals surface area contributed by atoms with Gasteiger partial charge in [-0.15, -0.1) is 0 Å². The molecule has 0 aliphatic heterocycles. The van der Waals surface area contributed by atoms with Crippen molar-refractivity contribution in [2.75, 3.05) is 0 Å². The van der Waals surface area contributed by atoms with E-state index in [0.29, 0.717) is 11.0 Å². The van der Waals surface area contributed by atoms with Gasteiger partial charge in [-0.1, -0.05) is 12.1 Å².